The fraction of sp³-hybridized carbons (Fsp3) is 0.917. The molecule has 0 aromatic carbocycles. The van der Waals surface area contributed by atoms with Crippen LogP contribution in [-0.2, 0) is 23.7 Å². The zero-order valence-corrected chi connectivity index (χ0v) is 17.5. The second-order valence-corrected chi connectivity index (χ2v) is 5.50. The van der Waals surface area contributed by atoms with Crippen LogP contribution in [0, 0.1) is 0 Å². The van der Waals surface area contributed by atoms with E-state index in [1.807, 2.05) is 12.5 Å². The summed E-state index contributed by atoms with van der Waals surface area (Å²) in [5, 5.41) is 0.722. The molecule has 0 aromatic heterocycles. The van der Waals surface area contributed by atoms with Crippen LogP contribution in [0.3, 0.4) is 0 Å². The zero-order chi connectivity index (χ0) is 16.2. The van der Waals surface area contributed by atoms with Crippen molar-refractivity contribution in [2.24, 2.45) is 0 Å². The molecule has 0 saturated carbocycles. The van der Waals surface area contributed by atoms with E-state index in [0.717, 1.165) is 17.4 Å². The van der Waals surface area contributed by atoms with E-state index in [-0.39, 0.29) is 25.0 Å². The van der Waals surface area contributed by atoms with Gasteiger partial charge in [0.2, 0.25) is 0 Å². The van der Waals surface area contributed by atoms with E-state index in [2.05, 4.69) is 15.9 Å². The summed E-state index contributed by atoms with van der Waals surface area (Å²) in [6.45, 7) is 0. The summed E-state index contributed by atoms with van der Waals surface area (Å²) >= 11 is 6.43. The maximum absolute atomic E-state index is 9.38. The summed E-state index contributed by atoms with van der Waals surface area (Å²) in [6, 6.07) is 0. The van der Waals surface area contributed by atoms with Gasteiger partial charge in [-0.25, -0.2) is 0 Å². The van der Waals surface area contributed by atoms with Crippen LogP contribution in [0.1, 0.15) is 0 Å². The van der Waals surface area contributed by atoms with Gasteiger partial charge in [0.25, 0.3) is 0 Å². The van der Waals surface area contributed by atoms with Gasteiger partial charge >= 0.3 is 0 Å². The van der Waals surface area contributed by atoms with Gasteiger partial charge in [0.1, 0.15) is 6.29 Å². The number of alkyl halides is 1. The first-order chi connectivity index (χ1) is 9.61. The lowest BCUT2D eigenvalue weighted by molar-refractivity contribution is -0.105. The van der Waals surface area contributed by atoms with Crippen molar-refractivity contribution in [3.05, 3.63) is 0 Å². The van der Waals surface area contributed by atoms with Gasteiger partial charge in [-0.2, -0.15) is 23.5 Å². The van der Waals surface area contributed by atoms with Gasteiger partial charge in [0.05, 0.1) is 5.33 Å². The summed E-state index contributed by atoms with van der Waals surface area (Å²) in [4.78, 5) is 9.38. The summed E-state index contributed by atoms with van der Waals surface area (Å²) < 4.78 is 19.4. The number of aldehydes is 1. The highest BCUT2D eigenvalue weighted by Crippen LogP contribution is 1.99. The lowest BCUT2D eigenvalue weighted by Crippen LogP contribution is -2.15. The predicted octanol–water partition coefficient (Wildman–Crippen LogP) is 2.94. The average Bonchev–Trinajstić information content (AvgIpc) is 2.49. The molecule has 0 atom stereocenters. The Kier molecular flexibility index (Phi) is 41.4. The Labute approximate surface area is 152 Å². The van der Waals surface area contributed by atoms with Crippen LogP contribution in [0.15, 0.2) is 0 Å². The molecule has 21 heavy (non-hydrogen) atoms. The normalized spacial score (nSPS) is 9.19. The second-order valence-electron chi connectivity index (χ2n) is 3.03. The number of thioether (sulfide) groups is 2. The topological polar surface area (TPSA) is 54.0 Å². The average molecular weight is 432 g/mol. The standard InChI is InChI=1S/C5H12O2S.C4H9BrO2.C3H6OS.ClH/c1-6-5(7-2)4-8-3;1-6-4(3-5)7-2;1-5-3-2-4;/h5H,4H2,1-3H3;4H,3H2,1-2H3;2H,3H2,1H3;1H. The van der Waals surface area contributed by atoms with E-state index >= 15 is 0 Å². The molecule has 0 bridgehead atoms. The van der Waals surface area contributed by atoms with Crippen LogP contribution in [0.5, 0.6) is 0 Å². The number of ether oxygens (including phenoxy) is 4. The molecule has 132 valence electrons. The Morgan fingerprint density at radius 3 is 1.43 bits per heavy atom. The van der Waals surface area contributed by atoms with Gasteiger partial charge in [-0.3, -0.25) is 0 Å². The van der Waals surface area contributed by atoms with Crippen LogP contribution < -0.4 is 0 Å². The van der Waals surface area contributed by atoms with Gasteiger partial charge in [-0.1, -0.05) is 15.9 Å². The molecule has 0 heterocycles. The van der Waals surface area contributed by atoms with Crippen LogP contribution >= 0.6 is 51.9 Å². The van der Waals surface area contributed by atoms with Crippen LogP contribution in [0.4, 0.5) is 0 Å². The number of carbonyl (C=O) groups excluding carboxylic acids is 1. The van der Waals surface area contributed by atoms with Gasteiger partial charge in [-0.15, -0.1) is 12.4 Å². The molecule has 0 aliphatic heterocycles. The summed E-state index contributed by atoms with van der Waals surface area (Å²) in [5.41, 5.74) is 0. The molecule has 0 aliphatic rings. The third kappa shape index (κ3) is 29.6. The molecular formula is C12H28BrClO5S2. The van der Waals surface area contributed by atoms with E-state index in [9.17, 15) is 4.79 Å². The molecule has 9 heteroatoms. The molecule has 0 aromatic rings. The molecule has 0 N–H and O–H groups in total. The molecule has 0 unspecified atom stereocenters. The van der Waals surface area contributed by atoms with E-state index < -0.39 is 0 Å². The maximum atomic E-state index is 9.38. The van der Waals surface area contributed by atoms with E-state index in [1.165, 1.54) is 11.8 Å². The smallest absolute Gasteiger partial charge is 0.166 e. The molecule has 0 spiro atoms. The molecule has 0 aliphatic carbocycles. The summed E-state index contributed by atoms with van der Waals surface area (Å²) in [5.74, 6) is 1.52. The van der Waals surface area contributed by atoms with Crippen molar-refractivity contribution in [2.45, 2.75) is 12.6 Å². The van der Waals surface area contributed by atoms with Gasteiger partial charge < -0.3 is 23.7 Å². The molecule has 0 rings (SSSR count). The molecule has 0 saturated heterocycles. The van der Waals surface area contributed by atoms with Crippen molar-refractivity contribution in [1.29, 1.82) is 0 Å². The zero-order valence-electron chi connectivity index (χ0n) is 13.5. The second kappa shape index (κ2) is 29.0. The Balaban J connectivity index is -0.000000103. The lowest BCUT2D eigenvalue weighted by atomic mass is 10.7. The van der Waals surface area contributed by atoms with E-state index in [0.29, 0.717) is 5.75 Å². The highest BCUT2D eigenvalue weighted by Gasteiger charge is 2.00. The fourth-order valence-corrected chi connectivity index (χ4v) is 1.87. The predicted molar refractivity (Wildman–Crippen MR) is 99.5 cm³/mol. The number of methoxy groups -OCH3 is 4. The first-order valence-electron chi connectivity index (χ1n) is 5.70. The van der Waals surface area contributed by atoms with E-state index in [4.69, 9.17) is 18.9 Å². The van der Waals surface area contributed by atoms with Crippen molar-refractivity contribution < 1.29 is 23.7 Å². The molecule has 0 amide bonds. The molecular weight excluding hydrogens is 404 g/mol. The van der Waals surface area contributed by atoms with Gasteiger partial charge in [-0.05, 0) is 12.5 Å². The van der Waals surface area contributed by atoms with Crippen LogP contribution in [-0.4, -0.2) is 76.7 Å². The quantitative estimate of drug-likeness (QED) is 0.316. The molecule has 5 nitrogen and oxygen atoms in total. The minimum atomic E-state index is -0.0972. The summed E-state index contributed by atoms with van der Waals surface area (Å²) in [7, 11) is 6.50. The highest BCUT2D eigenvalue weighted by molar-refractivity contribution is 9.09. The minimum absolute atomic E-state index is 0. The SMILES string of the molecule is COC(CBr)OC.COC(CSC)OC.CSCC=O.Cl. The third-order valence-electron chi connectivity index (χ3n) is 1.72. The van der Waals surface area contributed by atoms with Crippen molar-refractivity contribution in [3.63, 3.8) is 0 Å². The van der Waals surface area contributed by atoms with Crippen molar-refractivity contribution in [2.75, 3.05) is 57.8 Å². The molecule has 0 radical (unpaired) electrons. The number of carbonyl (C=O) groups is 1. The van der Waals surface area contributed by atoms with Gasteiger partial charge in [0.15, 0.2) is 12.6 Å². The third-order valence-corrected chi connectivity index (χ3v) is 3.32. The van der Waals surface area contributed by atoms with Crippen molar-refractivity contribution in [3.8, 4) is 0 Å². The van der Waals surface area contributed by atoms with E-state index in [1.54, 1.807) is 40.2 Å². The van der Waals surface area contributed by atoms with Crippen molar-refractivity contribution in [1.82, 2.24) is 0 Å². The Hall–Kier alpha value is 0.980. The number of halogens is 2. The maximum Gasteiger partial charge on any atom is 0.166 e. The monoisotopic (exact) mass is 430 g/mol. The first kappa shape index (κ1) is 29.9. The fourth-order valence-electron chi connectivity index (χ4n) is 0.659. The Morgan fingerprint density at radius 2 is 1.38 bits per heavy atom. The Morgan fingerprint density at radius 1 is 0.952 bits per heavy atom. The first-order valence-corrected chi connectivity index (χ1v) is 9.61. The summed E-state index contributed by atoms with van der Waals surface area (Å²) in [6.07, 6.45) is 4.68. The number of rotatable bonds is 9. The van der Waals surface area contributed by atoms with Gasteiger partial charge in [0, 0.05) is 39.9 Å². The highest BCUT2D eigenvalue weighted by atomic mass is 79.9. The minimum Gasteiger partial charge on any atom is -0.355 e. The molecule has 0 fully saturated rings. The Bertz CT molecular complexity index is 170. The lowest BCUT2D eigenvalue weighted by Gasteiger charge is -2.09. The van der Waals surface area contributed by atoms with Crippen LogP contribution in [0.2, 0.25) is 0 Å². The largest absolute Gasteiger partial charge is 0.355 e. The van der Waals surface area contributed by atoms with Crippen LogP contribution in [0.25, 0.3) is 0 Å². The number of hydrogen-bond donors (Lipinski definition) is 0. The van der Waals surface area contributed by atoms with Crippen molar-refractivity contribution >= 4 is 58.1 Å². The number of hydrogen-bond acceptors (Lipinski definition) is 7.